The molecule has 0 saturated heterocycles. The number of hydrogen-bond acceptors (Lipinski definition) is 5. The van der Waals surface area contributed by atoms with E-state index in [9.17, 15) is 9.18 Å². The Morgan fingerprint density at radius 2 is 1.78 bits per heavy atom. The number of aromatic nitrogens is 3. The summed E-state index contributed by atoms with van der Waals surface area (Å²) in [7, 11) is 1.66. The SMILES string of the molecule is C[C@@H](Nc1ncc(-c2ccc3oc(=O)n(C)c3c2)cn1)c1ccc(F)cc1. The molecule has 4 aromatic rings. The number of halogens is 1. The van der Waals surface area contributed by atoms with E-state index in [1.54, 1.807) is 37.6 Å². The normalized spacial score (nSPS) is 12.3. The van der Waals surface area contributed by atoms with Gasteiger partial charge in [0, 0.05) is 25.0 Å². The number of hydrogen-bond donors (Lipinski definition) is 1. The molecule has 27 heavy (non-hydrogen) atoms. The number of anilines is 1. The standard InChI is InChI=1S/C20H17FN4O2/c1-12(13-3-6-16(21)7-4-13)24-19-22-10-15(11-23-19)14-5-8-18-17(9-14)25(2)20(26)27-18/h3-12H,1-2H3,(H,22,23,24)/t12-/m1/s1. The maximum absolute atomic E-state index is 13.0. The van der Waals surface area contributed by atoms with Gasteiger partial charge in [0.25, 0.3) is 0 Å². The van der Waals surface area contributed by atoms with Gasteiger partial charge in [-0.3, -0.25) is 4.57 Å². The average molecular weight is 364 g/mol. The molecule has 0 amide bonds. The third-order valence-electron chi connectivity index (χ3n) is 4.49. The fourth-order valence-corrected chi connectivity index (χ4v) is 2.89. The first-order valence-electron chi connectivity index (χ1n) is 8.45. The van der Waals surface area contributed by atoms with Crippen molar-refractivity contribution in [3.8, 4) is 11.1 Å². The molecule has 7 heteroatoms. The highest BCUT2D eigenvalue weighted by atomic mass is 19.1. The van der Waals surface area contributed by atoms with Crippen LogP contribution in [0.2, 0.25) is 0 Å². The van der Waals surface area contributed by atoms with Crippen molar-refractivity contribution in [2.45, 2.75) is 13.0 Å². The summed E-state index contributed by atoms with van der Waals surface area (Å²) in [6.45, 7) is 1.96. The molecule has 2 aromatic carbocycles. The lowest BCUT2D eigenvalue weighted by atomic mass is 10.1. The molecule has 0 saturated carbocycles. The number of aryl methyl sites for hydroxylation is 1. The molecule has 0 fully saturated rings. The maximum atomic E-state index is 13.0. The molecule has 0 aliphatic carbocycles. The monoisotopic (exact) mass is 364 g/mol. The fourth-order valence-electron chi connectivity index (χ4n) is 2.89. The Bertz CT molecular complexity index is 1150. The molecule has 0 unspecified atom stereocenters. The Labute approximate surface area is 154 Å². The number of oxazole rings is 1. The summed E-state index contributed by atoms with van der Waals surface area (Å²) >= 11 is 0. The minimum atomic E-state index is -0.396. The van der Waals surface area contributed by atoms with Crippen LogP contribution in [0, 0.1) is 5.82 Å². The van der Waals surface area contributed by atoms with Gasteiger partial charge < -0.3 is 9.73 Å². The molecule has 1 atom stereocenters. The van der Waals surface area contributed by atoms with E-state index in [-0.39, 0.29) is 11.9 Å². The maximum Gasteiger partial charge on any atom is 0.419 e. The lowest BCUT2D eigenvalue weighted by molar-refractivity contribution is 0.528. The number of nitrogens with one attached hydrogen (secondary N) is 1. The summed E-state index contributed by atoms with van der Waals surface area (Å²) in [6.07, 6.45) is 3.43. The predicted molar refractivity (Wildman–Crippen MR) is 101 cm³/mol. The lowest BCUT2D eigenvalue weighted by Gasteiger charge is -2.14. The molecule has 136 valence electrons. The van der Waals surface area contributed by atoms with Crippen LogP contribution in [0.5, 0.6) is 0 Å². The van der Waals surface area contributed by atoms with Crippen LogP contribution in [0.3, 0.4) is 0 Å². The van der Waals surface area contributed by atoms with Gasteiger partial charge in [-0.15, -0.1) is 0 Å². The highest BCUT2D eigenvalue weighted by Gasteiger charge is 2.10. The van der Waals surface area contributed by atoms with Gasteiger partial charge in [-0.25, -0.2) is 19.2 Å². The quantitative estimate of drug-likeness (QED) is 0.594. The van der Waals surface area contributed by atoms with Crippen LogP contribution in [0.25, 0.3) is 22.2 Å². The van der Waals surface area contributed by atoms with E-state index in [0.717, 1.165) is 16.7 Å². The van der Waals surface area contributed by atoms with E-state index in [4.69, 9.17) is 4.42 Å². The summed E-state index contributed by atoms with van der Waals surface area (Å²) in [5, 5.41) is 3.19. The minimum absolute atomic E-state index is 0.0618. The number of fused-ring (bicyclic) bond motifs is 1. The summed E-state index contributed by atoms with van der Waals surface area (Å²) in [5.74, 6) is -0.182. The van der Waals surface area contributed by atoms with E-state index in [1.165, 1.54) is 16.7 Å². The van der Waals surface area contributed by atoms with E-state index in [2.05, 4.69) is 15.3 Å². The zero-order valence-electron chi connectivity index (χ0n) is 14.8. The summed E-state index contributed by atoms with van der Waals surface area (Å²) in [6, 6.07) is 11.7. The number of benzene rings is 2. The van der Waals surface area contributed by atoms with Gasteiger partial charge in [0.05, 0.1) is 11.6 Å². The topological polar surface area (TPSA) is 73.0 Å². The van der Waals surface area contributed by atoms with Crippen molar-refractivity contribution in [3.05, 3.63) is 76.8 Å². The fraction of sp³-hybridized carbons (Fsp3) is 0.150. The van der Waals surface area contributed by atoms with E-state index in [0.29, 0.717) is 17.0 Å². The van der Waals surface area contributed by atoms with Crippen LogP contribution in [0.1, 0.15) is 18.5 Å². The minimum Gasteiger partial charge on any atom is -0.408 e. The van der Waals surface area contributed by atoms with Gasteiger partial charge in [0.15, 0.2) is 5.58 Å². The third kappa shape index (κ3) is 3.31. The Hall–Kier alpha value is -3.48. The largest absolute Gasteiger partial charge is 0.419 e. The molecular formula is C20H17FN4O2. The second-order valence-electron chi connectivity index (χ2n) is 6.32. The second-order valence-corrected chi connectivity index (χ2v) is 6.32. The van der Waals surface area contributed by atoms with Crippen LogP contribution >= 0.6 is 0 Å². The van der Waals surface area contributed by atoms with Crippen LogP contribution in [-0.2, 0) is 7.05 Å². The van der Waals surface area contributed by atoms with E-state index < -0.39 is 5.76 Å². The molecule has 0 radical (unpaired) electrons. The molecule has 1 N–H and O–H groups in total. The first kappa shape index (κ1) is 17.0. The first-order valence-corrected chi connectivity index (χ1v) is 8.45. The van der Waals surface area contributed by atoms with Crippen molar-refractivity contribution in [1.29, 1.82) is 0 Å². The molecule has 2 heterocycles. The number of rotatable bonds is 4. The summed E-state index contributed by atoms with van der Waals surface area (Å²) in [4.78, 5) is 20.3. The summed E-state index contributed by atoms with van der Waals surface area (Å²) < 4.78 is 19.6. The van der Waals surface area contributed by atoms with Crippen molar-refractivity contribution in [2.75, 3.05) is 5.32 Å². The smallest absolute Gasteiger partial charge is 0.408 e. The molecular weight excluding hydrogens is 347 g/mol. The zero-order chi connectivity index (χ0) is 19.0. The van der Waals surface area contributed by atoms with Crippen molar-refractivity contribution >= 4 is 17.0 Å². The van der Waals surface area contributed by atoms with Gasteiger partial charge in [-0.1, -0.05) is 18.2 Å². The van der Waals surface area contributed by atoms with Crippen LogP contribution in [0.4, 0.5) is 10.3 Å². The van der Waals surface area contributed by atoms with Gasteiger partial charge in [-0.2, -0.15) is 0 Å². The Balaban J connectivity index is 1.56. The molecule has 0 spiro atoms. The first-order chi connectivity index (χ1) is 13.0. The van der Waals surface area contributed by atoms with E-state index >= 15 is 0 Å². The van der Waals surface area contributed by atoms with Crippen molar-refractivity contribution < 1.29 is 8.81 Å². The third-order valence-corrected chi connectivity index (χ3v) is 4.49. The Morgan fingerprint density at radius 3 is 2.48 bits per heavy atom. The molecule has 0 bridgehead atoms. The van der Waals surface area contributed by atoms with Gasteiger partial charge >= 0.3 is 5.76 Å². The Morgan fingerprint density at radius 1 is 1.07 bits per heavy atom. The highest BCUT2D eigenvalue weighted by molar-refractivity contribution is 5.80. The van der Waals surface area contributed by atoms with Crippen LogP contribution in [-0.4, -0.2) is 14.5 Å². The average Bonchev–Trinajstić information content (AvgIpc) is 2.96. The van der Waals surface area contributed by atoms with Crippen molar-refractivity contribution in [1.82, 2.24) is 14.5 Å². The molecule has 6 nitrogen and oxygen atoms in total. The summed E-state index contributed by atoms with van der Waals surface area (Å²) in [5.41, 5.74) is 3.90. The molecule has 2 aromatic heterocycles. The van der Waals surface area contributed by atoms with E-state index in [1.807, 2.05) is 19.1 Å². The van der Waals surface area contributed by atoms with Crippen molar-refractivity contribution in [2.24, 2.45) is 7.05 Å². The zero-order valence-corrected chi connectivity index (χ0v) is 14.8. The predicted octanol–water partition coefficient (Wildman–Crippen LogP) is 3.90. The van der Waals surface area contributed by atoms with Crippen LogP contribution < -0.4 is 11.1 Å². The second kappa shape index (κ2) is 6.68. The Kier molecular flexibility index (Phi) is 4.19. The highest BCUT2D eigenvalue weighted by Crippen LogP contribution is 2.24. The number of nitrogens with zero attached hydrogens (tertiary/aromatic N) is 3. The van der Waals surface area contributed by atoms with Gasteiger partial charge in [0.2, 0.25) is 5.95 Å². The molecule has 0 aliphatic rings. The lowest BCUT2D eigenvalue weighted by Crippen LogP contribution is -2.09. The molecule has 4 rings (SSSR count). The van der Waals surface area contributed by atoms with Crippen LogP contribution in [0.15, 0.2) is 64.1 Å². The van der Waals surface area contributed by atoms with Crippen molar-refractivity contribution in [3.63, 3.8) is 0 Å². The molecule has 0 aliphatic heterocycles. The van der Waals surface area contributed by atoms with Gasteiger partial charge in [-0.05, 0) is 42.3 Å². The van der Waals surface area contributed by atoms with Gasteiger partial charge in [0.1, 0.15) is 5.82 Å².